The lowest BCUT2D eigenvalue weighted by Gasteiger charge is -1.99. The third-order valence-electron chi connectivity index (χ3n) is 1.01. The highest BCUT2D eigenvalue weighted by Crippen LogP contribution is 1.88. The first-order valence-electron chi connectivity index (χ1n) is 3.02. The molecule has 4 nitrogen and oxygen atoms in total. The van der Waals surface area contributed by atoms with E-state index in [1.807, 2.05) is 0 Å². The van der Waals surface area contributed by atoms with Crippen LogP contribution in [0.15, 0.2) is 12.2 Å². The van der Waals surface area contributed by atoms with E-state index in [2.05, 4.69) is 0 Å². The van der Waals surface area contributed by atoms with Crippen molar-refractivity contribution in [3.63, 3.8) is 0 Å². The molecule has 0 saturated heterocycles. The number of hydrogen-bond acceptors (Lipinski definition) is 3. The van der Waals surface area contributed by atoms with Crippen molar-refractivity contribution in [2.24, 2.45) is 11.5 Å². The minimum Gasteiger partial charge on any atom is -0.480 e. The lowest BCUT2D eigenvalue weighted by atomic mass is 10.2. The molecule has 0 radical (unpaired) electrons. The van der Waals surface area contributed by atoms with Crippen molar-refractivity contribution in [2.75, 3.05) is 6.54 Å². The summed E-state index contributed by atoms with van der Waals surface area (Å²) < 4.78 is 0. The van der Waals surface area contributed by atoms with Gasteiger partial charge in [0.1, 0.15) is 6.04 Å². The normalized spacial score (nSPS) is 11.5. The van der Waals surface area contributed by atoms with Crippen molar-refractivity contribution in [2.45, 2.75) is 12.5 Å². The van der Waals surface area contributed by atoms with Gasteiger partial charge < -0.3 is 16.6 Å². The second-order valence-corrected chi connectivity index (χ2v) is 1.89. The molecule has 74 valence electrons. The van der Waals surface area contributed by atoms with Crippen LogP contribution in [-0.2, 0) is 4.79 Å². The van der Waals surface area contributed by atoms with Crippen LogP contribution in [0, 0.1) is 0 Å². The zero-order valence-corrected chi connectivity index (χ0v) is 8.11. The maximum Gasteiger partial charge on any atom is 0.320 e. The van der Waals surface area contributed by atoms with Crippen LogP contribution in [0.5, 0.6) is 0 Å². The molecule has 0 aromatic rings. The van der Waals surface area contributed by atoms with Gasteiger partial charge in [-0.2, -0.15) is 0 Å². The summed E-state index contributed by atoms with van der Waals surface area (Å²) in [6, 6.07) is -0.803. The first-order chi connectivity index (χ1) is 4.68. The summed E-state index contributed by atoms with van der Waals surface area (Å²) >= 11 is 0. The number of rotatable bonds is 4. The van der Waals surface area contributed by atoms with Crippen LogP contribution in [0.4, 0.5) is 0 Å². The van der Waals surface area contributed by atoms with E-state index in [1.54, 1.807) is 12.2 Å². The van der Waals surface area contributed by atoms with E-state index in [4.69, 9.17) is 16.6 Å². The summed E-state index contributed by atoms with van der Waals surface area (Å²) in [5, 5.41) is 8.29. The molecular formula is C6H14Cl2N2O2. The van der Waals surface area contributed by atoms with E-state index in [9.17, 15) is 4.79 Å². The van der Waals surface area contributed by atoms with Gasteiger partial charge in [-0.05, 0) is 6.42 Å². The van der Waals surface area contributed by atoms with Gasteiger partial charge in [0.15, 0.2) is 0 Å². The van der Waals surface area contributed by atoms with Crippen LogP contribution < -0.4 is 11.5 Å². The third kappa shape index (κ3) is 9.71. The molecule has 0 spiro atoms. The Labute approximate surface area is 83.8 Å². The predicted octanol–water partition coefficient (Wildman–Crippen LogP) is 0.147. The minimum absolute atomic E-state index is 0. The van der Waals surface area contributed by atoms with Crippen LogP contribution in [-0.4, -0.2) is 23.7 Å². The Bertz CT molecular complexity index is 142. The number of carboxylic acids is 1. The summed E-state index contributed by atoms with van der Waals surface area (Å²) in [7, 11) is 0. The highest BCUT2D eigenvalue weighted by atomic mass is 35.5. The Morgan fingerprint density at radius 2 is 1.92 bits per heavy atom. The Morgan fingerprint density at radius 1 is 1.42 bits per heavy atom. The van der Waals surface area contributed by atoms with Crippen molar-refractivity contribution in [3.8, 4) is 0 Å². The highest BCUT2D eigenvalue weighted by Gasteiger charge is 2.07. The Morgan fingerprint density at radius 3 is 2.25 bits per heavy atom. The monoisotopic (exact) mass is 216 g/mol. The van der Waals surface area contributed by atoms with Gasteiger partial charge >= 0.3 is 5.97 Å². The molecule has 0 fully saturated rings. The molecule has 0 aromatic carbocycles. The molecule has 0 bridgehead atoms. The number of nitrogens with two attached hydrogens (primary N) is 2. The van der Waals surface area contributed by atoms with Crippen molar-refractivity contribution < 1.29 is 9.90 Å². The van der Waals surface area contributed by atoms with Gasteiger partial charge in [0.25, 0.3) is 0 Å². The second kappa shape index (κ2) is 10.7. The SMILES string of the molecule is Cl.Cl.NCC=CCC(N)C(=O)O. The van der Waals surface area contributed by atoms with E-state index in [-0.39, 0.29) is 24.8 Å². The molecule has 0 aliphatic carbocycles. The number of carbonyl (C=O) groups is 1. The molecular weight excluding hydrogens is 203 g/mol. The summed E-state index contributed by atoms with van der Waals surface area (Å²) in [5.41, 5.74) is 10.3. The van der Waals surface area contributed by atoms with Gasteiger partial charge in [0, 0.05) is 6.54 Å². The van der Waals surface area contributed by atoms with Crippen molar-refractivity contribution >= 4 is 30.8 Å². The average molecular weight is 217 g/mol. The topological polar surface area (TPSA) is 89.3 Å². The van der Waals surface area contributed by atoms with E-state index < -0.39 is 12.0 Å². The van der Waals surface area contributed by atoms with Gasteiger partial charge in [-0.3, -0.25) is 4.79 Å². The van der Waals surface area contributed by atoms with E-state index >= 15 is 0 Å². The second-order valence-electron chi connectivity index (χ2n) is 1.89. The molecule has 0 rings (SSSR count). The van der Waals surface area contributed by atoms with Gasteiger partial charge in [0.2, 0.25) is 0 Å². The lowest BCUT2D eigenvalue weighted by molar-refractivity contribution is -0.138. The fourth-order valence-corrected chi connectivity index (χ4v) is 0.440. The zero-order chi connectivity index (χ0) is 7.98. The van der Waals surface area contributed by atoms with Crippen LogP contribution in [0.3, 0.4) is 0 Å². The largest absolute Gasteiger partial charge is 0.480 e. The Kier molecular flexibility index (Phi) is 15.8. The number of hydrogen-bond donors (Lipinski definition) is 3. The fourth-order valence-electron chi connectivity index (χ4n) is 0.440. The molecule has 0 aromatic heterocycles. The van der Waals surface area contributed by atoms with Gasteiger partial charge in [-0.15, -0.1) is 24.8 Å². The third-order valence-corrected chi connectivity index (χ3v) is 1.01. The number of halogens is 2. The molecule has 1 atom stereocenters. The smallest absolute Gasteiger partial charge is 0.320 e. The number of carboxylic acid groups (broad SMARTS) is 1. The molecule has 0 heterocycles. The Balaban J connectivity index is -0.000000405. The van der Waals surface area contributed by atoms with Gasteiger partial charge in [-0.25, -0.2) is 0 Å². The minimum atomic E-state index is -0.985. The van der Waals surface area contributed by atoms with E-state index in [0.29, 0.717) is 13.0 Å². The lowest BCUT2D eigenvalue weighted by Crippen LogP contribution is -2.29. The van der Waals surface area contributed by atoms with Crippen LogP contribution >= 0.6 is 24.8 Å². The maximum atomic E-state index is 10.1. The Hall–Kier alpha value is -0.290. The summed E-state index contributed by atoms with van der Waals surface area (Å²) in [4.78, 5) is 10.1. The van der Waals surface area contributed by atoms with E-state index in [0.717, 1.165) is 0 Å². The molecule has 6 heteroatoms. The van der Waals surface area contributed by atoms with Crippen molar-refractivity contribution in [1.29, 1.82) is 0 Å². The molecule has 1 unspecified atom stereocenters. The highest BCUT2D eigenvalue weighted by molar-refractivity contribution is 5.85. The van der Waals surface area contributed by atoms with Gasteiger partial charge in [0.05, 0.1) is 0 Å². The molecule has 0 amide bonds. The van der Waals surface area contributed by atoms with Crippen LogP contribution in [0.25, 0.3) is 0 Å². The predicted molar refractivity (Wildman–Crippen MR) is 52.9 cm³/mol. The average Bonchev–Trinajstić information content (AvgIpc) is 1.88. The maximum absolute atomic E-state index is 10.1. The van der Waals surface area contributed by atoms with Crippen LogP contribution in [0.1, 0.15) is 6.42 Å². The first kappa shape index (κ1) is 17.7. The van der Waals surface area contributed by atoms with Crippen LogP contribution in [0.2, 0.25) is 0 Å². The standard InChI is InChI=1S/C6H12N2O2.2ClH/c7-4-2-1-3-5(8)6(9)10;;/h1-2,5H,3-4,7-8H2,(H,9,10);2*1H. The zero-order valence-electron chi connectivity index (χ0n) is 6.47. The summed E-state index contributed by atoms with van der Waals surface area (Å²) in [5.74, 6) is -0.985. The van der Waals surface area contributed by atoms with E-state index in [1.165, 1.54) is 0 Å². The molecule has 12 heavy (non-hydrogen) atoms. The molecule has 0 aliphatic heterocycles. The van der Waals surface area contributed by atoms with Gasteiger partial charge in [-0.1, -0.05) is 12.2 Å². The summed E-state index contributed by atoms with van der Waals surface area (Å²) in [6.07, 6.45) is 3.69. The molecule has 0 saturated carbocycles. The quantitative estimate of drug-likeness (QED) is 0.584. The molecule has 5 N–H and O–H groups in total. The fraction of sp³-hybridized carbons (Fsp3) is 0.500. The van der Waals surface area contributed by atoms with Crippen molar-refractivity contribution in [3.05, 3.63) is 12.2 Å². The molecule has 0 aliphatic rings. The van der Waals surface area contributed by atoms with Crippen molar-refractivity contribution in [1.82, 2.24) is 0 Å². The first-order valence-corrected chi connectivity index (χ1v) is 3.02. The summed E-state index contributed by atoms with van der Waals surface area (Å²) in [6.45, 7) is 0.423. The number of aliphatic carboxylic acids is 1.